The molecule has 0 aliphatic carbocycles. The molecule has 4 heterocycles. The van der Waals surface area contributed by atoms with Crippen molar-refractivity contribution in [1.29, 1.82) is 0 Å². The van der Waals surface area contributed by atoms with Crippen LogP contribution in [0.15, 0.2) is 109 Å². The topological polar surface area (TPSA) is 251 Å². The number of rotatable bonds is 21. The lowest BCUT2D eigenvalue weighted by Crippen LogP contribution is -2.51. The number of likely N-dealkylation sites (tertiary alicyclic amines) is 2. The third kappa shape index (κ3) is 12.6. The minimum Gasteiger partial charge on any atom is -0.490 e. The number of carbonyl (C=O) groups is 6. The van der Waals surface area contributed by atoms with E-state index in [1.54, 1.807) is 76.5 Å². The normalized spacial score (nSPS) is 16.9. The number of aromatic nitrogens is 4. The summed E-state index contributed by atoms with van der Waals surface area (Å²) in [4.78, 5) is 85.8. The van der Waals surface area contributed by atoms with E-state index >= 15 is 0 Å². The molecule has 386 valence electrons. The number of amides is 6. The fraction of sp³-hybridized carbons (Fsp3) is 0.346. The highest BCUT2D eigenvalue weighted by Crippen LogP contribution is 2.33. The quantitative estimate of drug-likeness (QED) is 0.0521. The highest BCUT2D eigenvalue weighted by molar-refractivity contribution is 7.11. The lowest BCUT2D eigenvalue weighted by molar-refractivity contribution is -0.140. The third-order valence-corrected chi connectivity index (χ3v) is 14.3. The summed E-state index contributed by atoms with van der Waals surface area (Å²) in [5.41, 5.74) is 3.68. The summed E-state index contributed by atoms with van der Waals surface area (Å²) < 4.78 is 20.1. The zero-order valence-electron chi connectivity index (χ0n) is 41.3. The maximum Gasteiger partial charge on any atom is 0.250 e. The fourth-order valence-corrected chi connectivity index (χ4v) is 9.84. The fourth-order valence-electron chi connectivity index (χ4n) is 8.65. The number of benzene rings is 4. The number of ether oxygens (including phenoxy) is 2. The molecule has 20 nitrogen and oxygen atoms in total. The lowest BCUT2D eigenvalue weighted by Gasteiger charge is -2.29. The van der Waals surface area contributed by atoms with Gasteiger partial charge in [-0.25, -0.2) is 0 Å². The molecule has 0 spiro atoms. The van der Waals surface area contributed by atoms with Crippen molar-refractivity contribution in [2.45, 2.75) is 75.8 Å². The van der Waals surface area contributed by atoms with Gasteiger partial charge in [0.1, 0.15) is 70.3 Å². The first-order chi connectivity index (χ1) is 35.9. The number of likely N-dealkylation sites (N-methyl/N-ethyl adjacent to an activating group) is 2. The predicted molar refractivity (Wildman–Crippen MR) is 280 cm³/mol. The van der Waals surface area contributed by atoms with Crippen LogP contribution < -0.4 is 41.4 Å². The van der Waals surface area contributed by atoms with Gasteiger partial charge < -0.3 is 51.2 Å². The summed E-state index contributed by atoms with van der Waals surface area (Å²) in [6.45, 7) is 4.33. The number of anilines is 2. The molecule has 6 N–H and O–H groups in total. The van der Waals surface area contributed by atoms with Crippen LogP contribution in [0.25, 0.3) is 22.5 Å². The molecule has 74 heavy (non-hydrogen) atoms. The largest absolute Gasteiger partial charge is 0.490 e. The Morgan fingerprint density at radius 1 is 0.568 bits per heavy atom. The van der Waals surface area contributed by atoms with E-state index in [2.05, 4.69) is 51.1 Å². The van der Waals surface area contributed by atoms with Gasteiger partial charge in [-0.2, -0.15) is 0 Å². The molecule has 0 radical (unpaired) electrons. The van der Waals surface area contributed by atoms with E-state index < -0.39 is 48.1 Å². The second-order valence-corrected chi connectivity index (χ2v) is 19.2. The van der Waals surface area contributed by atoms with Crippen molar-refractivity contribution in [3.63, 3.8) is 0 Å². The second kappa shape index (κ2) is 24.8. The van der Waals surface area contributed by atoms with Crippen molar-refractivity contribution in [2.24, 2.45) is 0 Å². The highest BCUT2D eigenvalue weighted by Gasteiger charge is 2.41. The third-order valence-electron chi connectivity index (χ3n) is 13.0. The van der Waals surface area contributed by atoms with Gasteiger partial charge in [0.2, 0.25) is 35.4 Å². The number of hydrogen-bond acceptors (Lipinski definition) is 16. The first-order valence-electron chi connectivity index (χ1n) is 24.3. The van der Waals surface area contributed by atoms with Crippen LogP contribution in [-0.4, -0.2) is 129 Å². The average Bonchev–Trinajstić information content (AvgIpc) is 4.30. The van der Waals surface area contributed by atoms with E-state index in [0.717, 1.165) is 34.2 Å². The molecule has 2 aromatic heterocycles. The molecule has 2 saturated heterocycles. The number of hydrogen-bond donors (Lipinski definition) is 6. The Morgan fingerprint density at radius 3 is 1.31 bits per heavy atom. The predicted octanol–water partition coefficient (Wildman–Crippen LogP) is 4.97. The molecular formula is C52H58N12O8S2. The summed E-state index contributed by atoms with van der Waals surface area (Å²) in [6, 6.07) is 27.4. The molecule has 8 rings (SSSR count). The molecule has 2 aliphatic rings. The zero-order valence-corrected chi connectivity index (χ0v) is 42.9. The Bertz CT molecular complexity index is 2690. The van der Waals surface area contributed by atoms with Crippen molar-refractivity contribution in [1.82, 2.24) is 50.2 Å². The second-order valence-electron chi connectivity index (χ2n) is 17.7. The van der Waals surface area contributed by atoms with E-state index in [9.17, 15) is 28.8 Å². The maximum atomic E-state index is 14.4. The van der Waals surface area contributed by atoms with Crippen LogP contribution in [0.2, 0.25) is 0 Å². The summed E-state index contributed by atoms with van der Waals surface area (Å²) in [6.07, 6.45) is 2.08. The first kappa shape index (κ1) is 52.7. The van der Waals surface area contributed by atoms with Gasteiger partial charge in [-0.1, -0.05) is 93.9 Å². The molecule has 2 fully saturated rings. The summed E-state index contributed by atoms with van der Waals surface area (Å²) >= 11 is 2.12. The SMILES string of the molecule is CN[C@@H](C)C(=O)N[C@H](C(=O)N1CCC[C@H]1C(=O)Nc1snnc1-c1ccccc1)c1ccc(OCCOc2ccc([C@H](NC(=O)[C@H](C)NC)C(=O)N3CCC[C@H]3C(=O)Nc3snnc3-c3ccccc3)cc2)cc1. The molecule has 0 bridgehead atoms. The maximum absolute atomic E-state index is 14.4. The van der Waals surface area contributed by atoms with E-state index in [1.807, 2.05) is 60.7 Å². The Balaban J connectivity index is 0.883. The van der Waals surface area contributed by atoms with Gasteiger partial charge in [0.15, 0.2) is 0 Å². The smallest absolute Gasteiger partial charge is 0.250 e. The van der Waals surface area contributed by atoms with Gasteiger partial charge >= 0.3 is 0 Å². The first-order valence-corrected chi connectivity index (χ1v) is 25.9. The van der Waals surface area contributed by atoms with Gasteiger partial charge in [-0.15, -0.1) is 10.2 Å². The standard InChI is InChI=1S/C52H58N12O8S2/c1-31(53-3)45(65)55-43(51(69)63-27-11-17-39(63)47(67)57-49-41(59-61-73-49)33-13-7-5-8-14-33)35-19-23-37(24-20-35)71-29-30-72-38-25-21-36(22-26-38)44(56-46(66)32(2)54-4)52(70)64-28-12-18-40(64)48(68)58-50-42(60-62-74-50)34-15-9-6-10-16-34/h5-10,13-16,19-26,31-32,39-40,43-44,53-54H,11-12,17-18,27-30H2,1-4H3,(H,55,65)(H,56,66)(H,57,67)(H,58,68)/t31-,32-,39-,40-,43-,44-/m0/s1. The summed E-state index contributed by atoms with van der Waals surface area (Å²) in [7, 11) is 3.30. The minimum atomic E-state index is -1.09. The van der Waals surface area contributed by atoms with E-state index in [-0.39, 0.29) is 36.8 Å². The van der Waals surface area contributed by atoms with Crippen molar-refractivity contribution < 1.29 is 38.2 Å². The minimum absolute atomic E-state index is 0.146. The van der Waals surface area contributed by atoms with Crippen LogP contribution in [0.3, 0.4) is 0 Å². The van der Waals surface area contributed by atoms with Crippen LogP contribution >= 0.6 is 23.1 Å². The van der Waals surface area contributed by atoms with Crippen molar-refractivity contribution in [3.05, 3.63) is 120 Å². The van der Waals surface area contributed by atoms with E-state index in [1.165, 1.54) is 9.80 Å². The molecule has 6 atom stereocenters. The van der Waals surface area contributed by atoms with Gasteiger partial charge in [-0.3, -0.25) is 28.8 Å². The summed E-state index contributed by atoms with van der Waals surface area (Å²) in [5, 5.41) is 26.9. The highest BCUT2D eigenvalue weighted by atomic mass is 32.1. The number of nitrogens with zero attached hydrogens (tertiary/aromatic N) is 6. The molecule has 6 amide bonds. The number of nitrogens with one attached hydrogen (secondary N) is 6. The van der Waals surface area contributed by atoms with Crippen molar-refractivity contribution >= 4 is 68.5 Å². The Morgan fingerprint density at radius 2 is 0.946 bits per heavy atom. The van der Waals surface area contributed by atoms with E-state index in [0.29, 0.717) is 82.8 Å². The Hall–Kier alpha value is -7.66. The van der Waals surface area contributed by atoms with Crippen LogP contribution in [0, 0.1) is 0 Å². The monoisotopic (exact) mass is 1040 g/mol. The average molecular weight is 1040 g/mol. The summed E-state index contributed by atoms with van der Waals surface area (Å²) in [5.74, 6) is -1.38. The molecular weight excluding hydrogens is 985 g/mol. The van der Waals surface area contributed by atoms with Crippen LogP contribution in [0.1, 0.15) is 62.7 Å². The van der Waals surface area contributed by atoms with E-state index in [4.69, 9.17) is 9.47 Å². The molecule has 22 heteroatoms. The van der Waals surface area contributed by atoms with Crippen molar-refractivity contribution in [2.75, 3.05) is 51.0 Å². The number of carbonyl (C=O) groups excluding carboxylic acids is 6. The molecule has 2 aliphatic heterocycles. The lowest BCUT2D eigenvalue weighted by atomic mass is 10.0. The van der Waals surface area contributed by atoms with Crippen LogP contribution in [-0.2, 0) is 28.8 Å². The molecule has 4 aromatic carbocycles. The van der Waals surface area contributed by atoms with Gasteiger partial charge in [0, 0.05) is 47.3 Å². The van der Waals surface area contributed by atoms with Crippen LogP contribution in [0.4, 0.5) is 10.0 Å². The van der Waals surface area contributed by atoms with Crippen LogP contribution in [0.5, 0.6) is 11.5 Å². The van der Waals surface area contributed by atoms with Gasteiger partial charge in [-0.05, 0) is 89.0 Å². The van der Waals surface area contributed by atoms with Gasteiger partial charge in [0.05, 0.1) is 12.1 Å². The molecule has 0 saturated carbocycles. The Labute approximate surface area is 436 Å². The van der Waals surface area contributed by atoms with Gasteiger partial charge in [0.25, 0.3) is 0 Å². The molecule has 0 unspecified atom stereocenters. The zero-order chi connectivity index (χ0) is 52.1. The molecule has 6 aromatic rings. The Kier molecular flexibility index (Phi) is 17.7. The van der Waals surface area contributed by atoms with Crippen molar-refractivity contribution in [3.8, 4) is 34.0 Å².